The standard InChI is InChI=1S/C10H17N3S/c1-14-7-6-13-5-4-10(12-13)8-11-9-2-3-9/h4-5,9,11H,2-3,6-8H2,1H3. The Hall–Kier alpha value is -0.480. The molecule has 1 N–H and O–H groups in total. The van der Waals surface area contributed by atoms with Crippen LogP contribution in [0.2, 0.25) is 0 Å². The van der Waals surface area contributed by atoms with Gasteiger partial charge in [0.2, 0.25) is 0 Å². The number of nitrogens with one attached hydrogen (secondary N) is 1. The van der Waals surface area contributed by atoms with E-state index in [9.17, 15) is 0 Å². The van der Waals surface area contributed by atoms with Crippen LogP contribution in [-0.2, 0) is 13.1 Å². The lowest BCUT2D eigenvalue weighted by molar-refractivity contribution is 0.622. The average molecular weight is 211 g/mol. The average Bonchev–Trinajstić information content (AvgIpc) is 2.92. The van der Waals surface area contributed by atoms with Crippen LogP contribution in [0.25, 0.3) is 0 Å². The van der Waals surface area contributed by atoms with Gasteiger partial charge < -0.3 is 5.32 Å². The molecule has 78 valence electrons. The molecular weight excluding hydrogens is 194 g/mol. The third-order valence-corrected chi connectivity index (χ3v) is 2.96. The van der Waals surface area contributed by atoms with Gasteiger partial charge in [-0.15, -0.1) is 0 Å². The summed E-state index contributed by atoms with van der Waals surface area (Å²) in [6, 6.07) is 2.88. The third kappa shape index (κ3) is 3.03. The molecule has 1 aliphatic carbocycles. The predicted octanol–water partition coefficient (Wildman–Crippen LogP) is 1.50. The van der Waals surface area contributed by atoms with E-state index in [0.717, 1.165) is 30.6 Å². The maximum Gasteiger partial charge on any atom is 0.0762 e. The SMILES string of the molecule is CSCCn1ccc(CNC2CC2)n1. The van der Waals surface area contributed by atoms with Crippen LogP contribution in [0.15, 0.2) is 12.3 Å². The molecule has 0 radical (unpaired) electrons. The maximum atomic E-state index is 4.49. The lowest BCUT2D eigenvalue weighted by atomic mass is 10.4. The first kappa shape index (κ1) is 10.1. The van der Waals surface area contributed by atoms with E-state index in [0.29, 0.717) is 0 Å². The Morgan fingerprint density at radius 1 is 1.64 bits per heavy atom. The van der Waals surface area contributed by atoms with Crippen LogP contribution in [0.4, 0.5) is 0 Å². The molecule has 0 aliphatic heterocycles. The van der Waals surface area contributed by atoms with Gasteiger partial charge in [-0.2, -0.15) is 16.9 Å². The van der Waals surface area contributed by atoms with E-state index < -0.39 is 0 Å². The molecule has 1 saturated carbocycles. The van der Waals surface area contributed by atoms with E-state index in [2.05, 4.69) is 28.9 Å². The highest BCUT2D eigenvalue weighted by Gasteiger charge is 2.20. The summed E-state index contributed by atoms with van der Waals surface area (Å²) in [6.45, 7) is 1.95. The lowest BCUT2D eigenvalue weighted by Crippen LogP contribution is -2.16. The second-order valence-corrected chi connectivity index (χ2v) is 4.70. The monoisotopic (exact) mass is 211 g/mol. The normalized spacial score (nSPS) is 16.1. The van der Waals surface area contributed by atoms with Gasteiger partial charge in [0.25, 0.3) is 0 Å². The molecule has 0 unspecified atom stereocenters. The van der Waals surface area contributed by atoms with Crippen molar-refractivity contribution in [1.29, 1.82) is 0 Å². The summed E-state index contributed by atoms with van der Waals surface area (Å²) in [7, 11) is 0. The first-order valence-corrected chi connectivity index (χ1v) is 6.52. The fourth-order valence-electron chi connectivity index (χ4n) is 1.34. The zero-order valence-electron chi connectivity index (χ0n) is 8.57. The fourth-order valence-corrected chi connectivity index (χ4v) is 1.71. The Kier molecular flexibility index (Phi) is 3.48. The van der Waals surface area contributed by atoms with E-state index in [1.807, 2.05) is 16.4 Å². The number of hydrogen-bond donors (Lipinski definition) is 1. The summed E-state index contributed by atoms with van der Waals surface area (Å²) < 4.78 is 2.03. The predicted molar refractivity (Wildman–Crippen MR) is 60.5 cm³/mol. The minimum absolute atomic E-state index is 0.770. The summed E-state index contributed by atoms with van der Waals surface area (Å²) in [5.74, 6) is 1.14. The number of thioether (sulfide) groups is 1. The largest absolute Gasteiger partial charge is 0.308 e. The molecule has 3 nitrogen and oxygen atoms in total. The molecule has 14 heavy (non-hydrogen) atoms. The van der Waals surface area contributed by atoms with E-state index in [-0.39, 0.29) is 0 Å². The van der Waals surface area contributed by atoms with Gasteiger partial charge in [0.15, 0.2) is 0 Å². The van der Waals surface area contributed by atoms with E-state index in [1.54, 1.807) is 0 Å². The van der Waals surface area contributed by atoms with E-state index in [1.165, 1.54) is 12.8 Å². The van der Waals surface area contributed by atoms with Crippen LogP contribution in [-0.4, -0.2) is 27.8 Å². The summed E-state index contributed by atoms with van der Waals surface area (Å²) in [6.07, 6.45) is 6.87. The molecule has 0 atom stereocenters. The molecule has 2 rings (SSSR count). The van der Waals surface area contributed by atoms with Crippen molar-refractivity contribution < 1.29 is 0 Å². The molecule has 0 bridgehead atoms. The molecule has 1 aliphatic rings. The highest BCUT2D eigenvalue weighted by molar-refractivity contribution is 7.98. The van der Waals surface area contributed by atoms with Crippen molar-refractivity contribution >= 4 is 11.8 Å². The van der Waals surface area contributed by atoms with Gasteiger partial charge in [0, 0.05) is 31.1 Å². The molecule has 4 heteroatoms. The summed E-state index contributed by atoms with van der Waals surface area (Å²) >= 11 is 1.86. The van der Waals surface area contributed by atoms with Crippen LogP contribution in [0.3, 0.4) is 0 Å². The molecular formula is C10H17N3S. The number of rotatable bonds is 6. The Morgan fingerprint density at radius 2 is 2.50 bits per heavy atom. The minimum Gasteiger partial charge on any atom is -0.308 e. The highest BCUT2D eigenvalue weighted by Crippen LogP contribution is 2.18. The molecule has 0 aromatic carbocycles. The Bertz CT molecular complexity index is 281. The van der Waals surface area contributed by atoms with E-state index >= 15 is 0 Å². The Balaban J connectivity index is 1.76. The van der Waals surface area contributed by atoms with Crippen LogP contribution in [0.1, 0.15) is 18.5 Å². The summed E-state index contributed by atoms with van der Waals surface area (Å²) in [5.41, 5.74) is 1.16. The zero-order valence-corrected chi connectivity index (χ0v) is 9.39. The maximum absolute atomic E-state index is 4.49. The summed E-state index contributed by atoms with van der Waals surface area (Å²) in [4.78, 5) is 0. The quantitative estimate of drug-likeness (QED) is 0.773. The van der Waals surface area contributed by atoms with Crippen molar-refractivity contribution in [2.24, 2.45) is 0 Å². The number of aryl methyl sites for hydroxylation is 1. The van der Waals surface area contributed by atoms with Gasteiger partial charge in [-0.3, -0.25) is 4.68 Å². The third-order valence-electron chi connectivity index (χ3n) is 2.37. The molecule has 0 spiro atoms. The van der Waals surface area contributed by atoms with E-state index in [4.69, 9.17) is 0 Å². The van der Waals surface area contributed by atoms with Crippen molar-refractivity contribution in [3.8, 4) is 0 Å². The lowest BCUT2D eigenvalue weighted by Gasteiger charge is -1.99. The first-order valence-electron chi connectivity index (χ1n) is 5.13. The van der Waals surface area contributed by atoms with Gasteiger partial charge in [-0.25, -0.2) is 0 Å². The molecule has 1 fully saturated rings. The van der Waals surface area contributed by atoms with Gasteiger partial charge in [-0.05, 0) is 25.2 Å². The second kappa shape index (κ2) is 4.84. The van der Waals surface area contributed by atoms with Gasteiger partial charge in [0.1, 0.15) is 0 Å². The van der Waals surface area contributed by atoms with Crippen molar-refractivity contribution in [2.45, 2.75) is 32.0 Å². The van der Waals surface area contributed by atoms with Crippen LogP contribution < -0.4 is 5.32 Å². The van der Waals surface area contributed by atoms with Crippen molar-refractivity contribution in [1.82, 2.24) is 15.1 Å². The Morgan fingerprint density at radius 3 is 3.21 bits per heavy atom. The molecule has 1 heterocycles. The van der Waals surface area contributed by atoms with Gasteiger partial charge >= 0.3 is 0 Å². The zero-order chi connectivity index (χ0) is 9.80. The number of nitrogens with zero attached hydrogens (tertiary/aromatic N) is 2. The van der Waals surface area contributed by atoms with Crippen molar-refractivity contribution in [3.05, 3.63) is 18.0 Å². The summed E-state index contributed by atoms with van der Waals surface area (Å²) in [5, 5.41) is 7.95. The second-order valence-electron chi connectivity index (χ2n) is 3.72. The molecule has 1 aromatic heterocycles. The van der Waals surface area contributed by atoms with Crippen molar-refractivity contribution in [2.75, 3.05) is 12.0 Å². The topological polar surface area (TPSA) is 29.9 Å². The number of aromatic nitrogens is 2. The fraction of sp³-hybridized carbons (Fsp3) is 0.700. The van der Waals surface area contributed by atoms with Gasteiger partial charge in [0.05, 0.1) is 5.69 Å². The molecule has 1 aromatic rings. The van der Waals surface area contributed by atoms with Gasteiger partial charge in [-0.1, -0.05) is 0 Å². The number of hydrogen-bond acceptors (Lipinski definition) is 3. The molecule has 0 amide bonds. The van der Waals surface area contributed by atoms with Crippen LogP contribution in [0, 0.1) is 0 Å². The van der Waals surface area contributed by atoms with Crippen LogP contribution in [0.5, 0.6) is 0 Å². The smallest absolute Gasteiger partial charge is 0.0762 e. The van der Waals surface area contributed by atoms with Crippen LogP contribution >= 0.6 is 11.8 Å². The Labute approximate surface area is 89.3 Å². The first-order chi connectivity index (χ1) is 6.88. The molecule has 0 saturated heterocycles. The highest BCUT2D eigenvalue weighted by atomic mass is 32.2. The minimum atomic E-state index is 0.770. The van der Waals surface area contributed by atoms with Crippen molar-refractivity contribution in [3.63, 3.8) is 0 Å².